The summed E-state index contributed by atoms with van der Waals surface area (Å²) >= 11 is 0. The van der Waals surface area contributed by atoms with Gasteiger partial charge in [0.05, 0.1) is 12.2 Å². The molecule has 3 N–H and O–H groups in total. The monoisotopic (exact) mass is 326 g/mol. The molecule has 2 aromatic rings. The van der Waals surface area contributed by atoms with Gasteiger partial charge in [-0.1, -0.05) is 24.0 Å². The second-order valence-electron chi connectivity index (χ2n) is 5.15. The van der Waals surface area contributed by atoms with E-state index in [4.69, 9.17) is 14.9 Å². The molecule has 0 saturated heterocycles. The summed E-state index contributed by atoms with van der Waals surface area (Å²) in [6.45, 7) is -0.301. The van der Waals surface area contributed by atoms with E-state index in [1.54, 1.807) is 48.5 Å². The Morgan fingerprint density at radius 3 is 2.33 bits per heavy atom. The molecule has 0 heterocycles. The summed E-state index contributed by atoms with van der Waals surface area (Å²) in [5, 5.41) is 26.8. The largest absolute Gasteiger partial charge is 0.491 e. The molecule has 0 bridgehead atoms. The van der Waals surface area contributed by atoms with Crippen molar-refractivity contribution in [2.75, 3.05) is 13.2 Å². The molecule has 2 aromatic carbocycles. The highest BCUT2D eigenvalue weighted by atomic mass is 16.5. The number of aliphatic hydroxyl groups is 2. The van der Waals surface area contributed by atoms with E-state index < -0.39 is 12.1 Å². The maximum atomic E-state index is 10.8. The van der Waals surface area contributed by atoms with Gasteiger partial charge in [0.25, 0.3) is 0 Å². The van der Waals surface area contributed by atoms with E-state index >= 15 is 0 Å². The van der Waals surface area contributed by atoms with Gasteiger partial charge in [-0.2, -0.15) is 0 Å². The van der Waals surface area contributed by atoms with Gasteiger partial charge in [0, 0.05) is 12.0 Å². The van der Waals surface area contributed by atoms with Crippen LogP contribution < -0.4 is 4.74 Å². The van der Waals surface area contributed by atoms with E-state index in [9.17, 15) is 9.90 Å². The molecule has 5 heteroatoms. The van der Waals surface area contributed by atoms with Crippen LogP contribution in [0.2, 0.25) is 0 Å². The number of hydrogen-bond donors (Lipinski definition) is 3. The van der Waals surface area contributed by atoms with E-state index in [-0.39, 0.29) is 18.8 Å². The first kappa shape index (κ1) is 17.5. The quantitative estimate of drug-likeness (QED) is 0.704. The number of aromatic carboxylic acids is 1. The average Bonchev–Trinajstić information content (AvgIpc) is 2.61. The molecular weight excluding hydrogens is 308 g/mol. The summed E-state index contributed by atoms with van der Waals surface area (Å²) in [5.74, 6) is 5.71. The van der Waals surface area contributed by atoms with Crippen molar-refractivity contribution in [2.45, 2.75) is 12.5 Å². The lowest BCUT2D eigenvalue weighted by Crippen LogP contribution is -2.21. The van der Waals surface area contributed by atoms with Crippen molar-refractivity contribution in [1.29, 1.82) is 0 Å². The minimum atomic E-state index is -0.943. The Hall–Kier alpha value is -2.81. The molecule has 0 aromatic heterocycles. The Bertz CT molecular complexity index is 723. The molecule has 0 aliphatic carbocycles. The molecule has 0 aliphatic heterocycles. The predicted octanol–water partition coefficient (Wildman–Crippen LogP) is 1.71. The second-order valence-corrected chi connectivity index (χ2v) is 5.15. The summed E-state index contributed by atoms with van der Waals surface area (Å²) < 4.78 is 5.31. The van der Waals surface area contributed by atoms with Crippen LogP contribution in [-0.2, 0) is 6.42 Å². The fourth-order valence-electron chi connectivity index (χ4n) is 1.89. The van der Waals surface area contributed by atoms with Crippen molar-refractivity contribution in [3.8, 4) is 17.6 Å². The molecule has 0 spiro atoms. The minimum absolute atomic E-state index is 0.0356. The van der Waals surface area contributed by atoms with Gasteiger partial charge in [-0.15, -0.1) is 0 Å². The van der Waals surface area contributed by atoms with E-state index in [1.165, 1.54) is 0 Å². The zero-order valence-corrected chi connectivity index (χ0v) is 13.0. The lowest BCUT2D eigenvalue weighted by atomic mass is 10.1. The topological polar surface area (TPSA) is 87.0 Å². The maximum absolute atomic E-state index is 10.8. The van der Waals surface area contributed by atoms with Gasteiger partial charge >= 0.3 is 5.97 Å². The number of carbonyl (C=O) groups is 1. The normalized spacial score (nSPS) is 11.2. The summed E-state index contributed by atoms with van der Waals surface area (Å²) in [5.41, 5.74) is 2.03. The van der Waals surface area contributed by atoms with Crippen molar-refractivity contribution < 1.29 is 24.9 Å². The first-order chi connectivity index (χ1) is 11.6. The number of ether oxygens (including phenoxy) is 1. The Labute approximate surface area is 140 Å². The molecule has 0 radical (unpaired) electrons. The van der Waals surface area contributed by atoms with Gasteiger partial charge in [0.2, 0.25) is 0 Å². The number of benzene rings is 2. The third-order valence-electron chi connectivity index (χ3n) is 3.23. The molecule has 1 unspecified atom stereocenters. The van der Waals surface area contributed by atoms with Crippen LogP contribution in [0.1, 0.15) is 21.5 Å². The zero-order chi connectivity index (χ0) is 17.4. The van der Waals surface area contributed by atoms with Crippen molar-refractivity contribution >= 4 is 5.97 Å². The molecule has 0 saturated carbocycles. The first-order valence-corrected chi connectivity index (χ1v) is 7.41. The number of rotatable bonds is 6. The molecule has 124 valence electrons. The lowest BCUT2D eigenvalue weighted by molar-refractivity contribution is 0.0536. The fraction of sp³-hybridized carbons (Fsp3) is 0.211. The van der Waals surface area contributed by atoms with E-state index in [0.717, 1.165) is 11.1 Å². The highest BCUT2D eigenvalue weighted by molar-refractivity contribution is 5.87. The minimum Gasteiger partial charge on any atom is -0.491 e. The van der Waals surface area contributed by atoms with Gasteiger partial charge in [-0.3, -0.25) is 0 Å². The van der Waals surface area contributed by atoms with Crippen molar-refractivity contribution in [2.24, 2.45) is 0 Å². The molecule has 0 amide bonds. The predicted molar refractivity (Wildman–Crippen MR) is 89.0 cm³/mol. The van der Waals surface area contributed by atoms with Crippen LogP contribution >= 0.6 is 0 Å². The van der Waals surface area contributed by atoms with Crippen LogP contribution in [-0.4, -0.2) is 40.6 Å². The van der Waals surface area contributed by atoms with Gasteiger partial charge in [0.1, 0.15) is 18.5 Å². The van der Waals surface area contributed by atoms with Crippen LogP contribution in [0.3, 0.4) is 0 Å². The van der Waals surface area contributed by atoms with E-state index in [0.29, 0.717) is 12.2 Å². The number of aliphatic hydroxyl groups excluding tert-OH is 2. The van der Waals surface area contributed by atoms with E-state index in [1.807, 2.05) is 0 Å². The summed E-state index contributed by atoms with van der Waals surface area (Å²) in [7, 11) is 0. The average molecular weight is 326 g/mol. The second kappa shape index (κ2) is 8.73. The lowest BCUT2D eigenvalue weighted by Gasteiger charge is -2.09. The zero-order valence-electron chi connectivity index (χ0n) is 13.0. The summed E-state index contributed by atoms with van der Waals surface area (Å²) in [6, 6.07) is 13.7. The standard InChI is InChI=1S/C19H18O5/c20-12-17(21)13-24-18-10-6-15(7-11-18)3-1-2-14-4-8-16(9-5-14)19(22)23/h4-11,17,20-21H,2,12-13H2,(H,22,23). The highest BCUT2D eigenvalue weighted by Gasteiger charge is 2.03. The fourth-order valence-corrected chi connectivity index (χ4v) is 1.89. The Morgan fingerprint density at radius 1 is 1.08 bits per heavy atom. The molecular formula is C19H18O5. The van der Waals surface area contributed by atoms with Crippen molar-refractivity contribution in [1.82, 2.24) is 0 Å². The molecule has 0 aliphatic rings. The van der Waals surface area contributed by atoms with Crippen molar-refractivity contribution in [3.63, 3.8) is 0 Å². The highest BCUT2D eigenvalue weighted by Crippen LogP contribution is 2.12. The third-order valence-corrected chi connectivity index (χ3v) is 3.23. The van der Waals surface area contributed by atoms with Crippen molar-refractivity contribution in [3.05, 3.63) is 65.2 Å². The SMILES string of the molecule is O=C(O)c1ccc(CC#Cc2ccc(OCC(O)CO)cc2)cc1. The molecule has 24 heavy (non-hydrogen) atoms. The maximum Gasteiger partial charge on any atom is 0.335 e. The molecule has 5 nitrogen and oxygen atoms in total. The van der Waals surface area contributed by atoms with Crippen LogP contribution in [0.25, 0.3) is 0 Å². The molecule has 0 fully saturated rings. The van der Waals surface area contributed by atoms with Crippen LogP contribution in [0.5, 0.6) is 5.75 Å². The summed E-state index contributed by atoms with van der Waals surface area (Å²) in [6.07, 6.45) is -0.363. The van der Waals surface area contributed by atoms with Gasteiger partial charge in [-0.05, 0) is 42.0 Å². The molecule has 1 atom stereocenters. The van der Waals surface area contributed by atoms with Gasteiger partial charge in [-0.25, -0.2) is 4.79 Å². The van der Waals surface area contributed by atoms with Gasteiger partial charge < -0.3 is 20.1 Å². The number of hydrogen-bond acceptors (Lipinski definition) is 4. The smallest absolute Gasteiger partial charge is 0.335 e. The summed E-state index contributed by atoms with van der Waals surface area (Å²) in [4.78, 5) is 10.8. The first-order valence-electron chi connectivity index (χ1n) is 7.41. The van der Waals surface area contributed by atoms with Crippen LogP contribution in [0.15, 0.2) is 48.5 Å². The third kappa shape index (κ3) is 5.43. The number of carboxylic acids is 1. The van der Waals surface area contributed by atoms with Gasteiger partial charge in [0.15, 0.2) is 0 Å². The van der Waals surface area contributed by atoms with E-state index in [2.05, 4.69) is 11.8 Å². The Balaban J connectivity index is 1.90. The number of carboxylic acid groups (broad SMARTS) is 1. The molecule has 2 rings (SSSR count). The Kier molecular flexibility index (Phi) is 6.38. The van der Waals surface area contributed by atoms with Crippen LogP contribution in [0, 0.1) is 11.8 Å². The Morgan fingerprint density at radius 2 is 1.75 bits per heavy atom. The van der Waals surface area contributed by atoms with Crippen LogP contribution in [0.4, 0.5) is 0 Å².